The predicted molar refractivity (Wildman–Crippen MR) is 70.1 cm³/mol. The molecular weight excluding hydrogens is 228 g/mol. The highest BCUT2D eigenvalue weighted by molar-refractivity contribution is 5.84. The molecule has 0 aliphatic carbocycles. The summed E-state index contributed by atoms with van der Waals surface area (Å²) in [6.07, 6.45) is 7.49. The first-order valence-corrected chi connectivity index (χ1v) is 6.72. The van der Waals surface area contributed by atoms with Crippen LogP contribution in [0.5, 0.6) is 0 Å². The minimum atomic E-state index is 0.0233. The Labute approximate surface area is 108 Å². The van der Waals surface area contributed by atoms with Gasteiger partial charge in [-0.1, -0.05) is 6.92 Å². The van der Waals surface area contributed by atoms with E-state index in [2.05, 4.69) is 24.1 Å². The highest BCUT2D eigenvalue weighted by Crippen LogP contribution is 2.15. The van der Waals surface area contributed by atoms with Crippen LogP contribution in [0.1, 0.15) is 26.7 Å². The van der Waals surface area contributed by atoms with Gasteiger partial charge in [-0.05, 0) is 26.3 Å². The first-order chi connectivity index (χ1) is 8.72. The molecule has 1 aromatic rings. The molecule has 0 bridgehead atoms. The summed E-state index contributed by atoms with van der Waals surface area (Å²) in [5, 5.41) is 3.31. The molecule has 0 radical (unpaired) electrons. The minimum absolute atomic E-state index is 0.0233. The number of imidazole rings is 1. The molecule has 100 valence electrons. The van der Waals surface area contributed by atoms with Gasteiger partial charge in [0, 0.05) is 31.5 Å². The van der Waals surface area contributed by atoms with Gasteiger partial charge in [0.15, 0.2) is 0 Å². The standard InChI is InChI=1S/C13H22N4O/c1-3-5-15-12-4-7-17(13(12)18)11(2)9-16-8-6-14-10-16/h6,8,10-12,15H,3-5,7,9H2,1-2H3. The third-order valence-electron chi connectivity index (χ3n) is 3.45. The third-order valence-corrected chi connectivity index (χ3v) is 3.45. The first kappa shape index (κ1) is 13.1. The second-order valence-electron chi connectivity index (χ2n) is 4.94. The van der Waals surface area contributed by atoms with Crippen molar-refractivity contribution in [3.63, 3.8) is 0 Å². The number of hydrogen-bond donors (Lipinski definition) is 1. The van der Waals surface area contributed by atoms with Crippen molar-refractivity contribution in [3.05, 3.63) is 18.7 Å². The molecule has 1 amide bonds. The lowest BCUT2D eigenvalue weighted by atomic mass is 10.2. The number of carbonyl (C=O) groups is 1. The van der Waals surface area contributed by atoms with E-state index in [1.807, 2.05) is 15.7 Å². The lowest BCUT2D eigenvalue weighted by Gasteiger charge is -2.25. The molecule has 1 aliphatic rings. The Morgan fingerprint density at radius 3 is 3.11 bits per heavy atom. The van der Waals surface area contributed by atoms with Crippen LogP contribution in [0.15, 0.2) is 18.7 Å². The molecule has 1 fully saturated rings. The van der Waals surface area contributed by atoms with Crippen molar-refractivity contribution in [2.75, 3.05) is 13.1 Å². The number of aromatic nitrogens is 2. The highest BCUT2D eigenvalue weighted by atomic mass is 16.2. The van der Waals surface area contributed by atoms with Crippen LogP contribution in [0.4, 0.5) is 0 Å². The van der Waals surface area contributed by atoms with Crippen molar-refractivity contribution in [2.24, 2.45) is 0 Å². The SMILES string of the molecule is CCCNC1CCN(C(C)Cn2ccnc2)C1=O. The lowest BCUT2D eigenvalue weighted by molar-refractivity contribution is -0.131. The van der Waals surface area contributed by atoms with E-state index in [1.54, 1.807) is 12.5 Å². The first-order valence-electron chi connectivity index (χ1n) is 6.72. The van der Waals surface area contributed by atoms with Gasteiger partial charge < -0.3 is 14.8 Å². The Kier molecular flexibility index (Phi) is 4.36. The molecule has 18 heavy (non-hydrogen) atoms. The van der Waals surface area contributed by atoms with E-state index in [0.29, 0.717) is 0 Å². The van der Waals surface area contributed by atoms with Crippen molar-refractivity contribution < 1.29 is 4.79 Å². The van der Waals surface area contributed by atoms with Crippen molar-refractivity contribution in [3.8, 4) is 0 Å². The molecular formula is C13H22N4O. The van der Waals surface area contributed by atoms with Crippen molar-refractivity contribution in [1.29, 1.82) is 0 Å². The molecule has 5 nitrogen and oxygen atoms in total. The molecule has 0 saturated carbocycles. The van der Waals surface area contributed by atoms with Gasteiger partial charge in [-0.25, -0.2) is 4.98 Å². The maximum atomic E-state index is 12.2. The van der Waals surface area contributed by atoms with E-state index in [1.165, 1.54) is 0 Å². The van der Waals surface area contributed by atoms with Gasteiger partial charge >= 0.3 is 0 Å². The minimum Gasteiger partial charge on any atom is -0.337 e. The number of nitrogens with one attached hydrogen (secondary N) is 1. The Balaban J connectivity index is 1.88. The van der Waals surface area contributed by atoms with Crippen molar-refractivity contribution >= 4 is 5.91 Å². The second-order valence-corrected chi connectivity index (χ2v) is 4.94. The maximum absolute atomic E-state index is 12.2. The Hall–Kier alpha value is -1.36. The smallest absolute Gasteiger partial charge is 0.240 e. The summed E-state index contributed by atoms with van der Waals surface area (Å²) in [6, 6.07) is 0.246. The van der Waals surface area contributed by atoms with E-state index in [4.69, 9.17) is 0 Å². The molecule has 5 heteroatoms. The van der Waals surface area contributed by atoms with E-state index in [9.17, 15) is 4.79 Å². The van der Waals surface area contributed by atoms with Gasteiger partial charge in [0.05, 0.1) is 12.4 Å². The quantitative estimate of drug-likeness (QED) is 0.815. The fourth-order valence-electron chi connectivity index (χ4n) is 2.45. The van der Waals surface area contributed by atoms with Crippen LogP contribution in [-0.4, -0.2) is 45.5 Å². The summed E-state index contributed by atoms with van der Waals surface area (Å²) >= 11 is 0. The largest absolute Gasteiger partial charge is 0.337 e. The summed E-state index contributed by atoms with van der Waals surface area (Å²) < 4.78 is 2.02. The summed E-state index contributed by atoms with van der Waals surface area (Å²) in [5.41, 5.74) is 0. The van der Waals surface area contributed by atoms with Gasteiger partial charge in [0.1, 0.15) is 0 Å². The third kappa shape index (κ3) is 2.90. The van der Waals surface area contributed by atoms with Gasteiger partial charge in [0.2, 0.25) is 5.91 Å². The number of carbonyl (C=O) groups excluding carboxylic acids is 1. The summed E-state index contributed by atoms with van der Waals surface area (Å²) in [6.45, 7) is 6.80. The molecule has 2 atom stereocenters. The predicted octanol–water partition coefficient (Wildman–Crippen LogP) is 0.872. The van der Waals surface area contributed by atoms with Crippen LogP contribution in [0.3, 0.4) is 0 Å². The average molecular weight is 250 g/mol. The molecule has 1 aromatic heterocycles. The van der Waals surface area contributed by atoms with Crippen LogP contribution in [0.25, 0.3) is 0 Å². The summed E-state index contributed by atoms with van der Waals surface area (Å²) in [5.74, 6) is 0.246. The van der Waals surface area contributed by atoms with Crippen molar-refractivity contribution in [1.82, 2.24) is 19.8 Å². The van der Waals surface area contributed by atoms with Gasteiger partial charge in [-0.15, -0.1) is 0 Å². The number of rotatable bonds is 6. The number of hydrogen-bond acceptors (Lipinski definition) is 3. The highest BCUT2D eigenvalue weighted by Gasteiger charge is 2.33. The Bertz CT molecular complexity index is 376. The van der Waals surface area contributed by atoms with Crippen LogP contribution < -0.4 is 5.32 Å². The van der Waals surface area contributed by atoms with E-state index in [-0.39, 0.29) is 18.0 Å². The number of likely N-dealkylation sites (tertiary alicyclic amines) is 1. The lowest BCUT2D eigenvalue weighted by Crippen LogP contribution is -2.43. The number of nitrogens with zero attached hydrogens (tertiary/aromatic N) is 3. The average Bonchev–Trinajstić information content (AvgIpc) is 2.97. The van der Waals surface area contributed by atoms with Crippen LogP contribution in [0, 0.1) is 0 Å². The monoisotopic (exact) mass is 250 g/mol. The van der Waals surface area contributed by atoms with Crippen molar-refractivity contribution in [2.45, 2.75) is 45.3 Å². The molecule has 2 rings (SSSR count). The molecule has 0 spiro atoms. The fraction of sp³-hybridized carbons (Fsp3) is 0.692. The van der Waals surface area contributed by atoms with Crippen LogP contribution in [-0.2, 0) is 11.3 Å². The Morgan fingerprint density at radius 2 is 2.44 bits per heavy atom. The van der Waals surface area contributed by atoms with E-state index >= 15 is 0 Å². The summed E-state index contributed by atoms with van der Waals surface area (Å²) in [7, 11) is 0. The molecule has 2 heterocycles. The zero-order valence-corrected chi connectivity index (χ0v) is 11.2. The topological polar surface area (TPSA) is 50.2 Å². The molecule has 1 N–H and O–H groups in total. The molecule has 1 saturated heterocycles. The van der Waals surface area contributed by atoms with E-state index in [0.717, 1.165) is 32.5 Å². The Morgan fingerprint density at radius 1 is 1.61 bits per heavy atom. The molecule has 0 aromatic carbocycles. The fourth-order valence-corrected chi connectivity index (χ4v) is 2.45. The maximum Gasteiger partial charge on any atom is 0.240 e. The molecule has 2 unspecified atom stereocenters. The van der Waals surface area contributed by atoms with Crippen LogP contribution in [0.2, 0.25) is 0 Å². The zero-order valence-electron chi connectivity index (χ0n) is 11.2. The van der Waals surface area contributed by atoms with Gasteiger partial charge in [-0.2, -0.15) is 0 Å². The van der Waals surface area contributed by atoms with Gasteiger partial charge in [0.25, 0.3) is 0 Å². The van der Waals surface area contributed by atoms with Crippen LogP contribution >= 0.6 is 0 Å². The number of amides is 1. The van der Waals surface area contributed by atoms with E-state index < -0.39 is 0 Å². The zero-order chi connectivity index (χ0) is 13.0. The van der Waals surface area contributed by atoms with Gasteiger partial charge in [-0.3, -0.25) is 4.79 Å². The second kappa shape index (κ2) is 6.00. The normalized spacial score (nSPS) is 21.6. The summed E-state index contributed by atoms with van der Waals surface area (Å²) in [4.78, 5) is 18.2. The molecule has 1 aliphatic heterocycles.